The second kappa shape index (κ2) is 10.0. The Kier molecular flexibility index (Phi) is 11.4. The molecule has 0 radical (unpaired) electrons. The average molecular weight is 274 g/mol. The van der Waals surface area contributed by atoms with E-state index >= 15 is 0 Å². The van der Waals surface area contributed by atoms with E-state index in [2.05, 4.69) is 0 Å². The topological polar surface area (TPSA) is 113 Å². The van der Waals surface area contributed by atoms with Gasteiger partial charge in [0.1, 0.15) is 0 Å². The Bertz CT molecular complexity index is 202. The van der Waals surface area contributed by atoms with Crippen LogP contribution in [-0.2, 0) is 36.2 Å². The van der Waals surface area contributed by atoms with Crippen LogP contribution in [0.25, 0.3) is 0 Å². The second-order valence-electron chi connectivity index (χ2n) is 3.32. The van der Waals surface area contributed by atoms with Gasteiger partial charge in [-0.05, 0) is 27.7 Å². The van der Waals surface area contributed by atoms with Gasteiger partial charge in [-0.15, -0.1) is 0 Å². The molecule has 0 heterocycles. The number of aliphatic carboxylic acids is 1. The Morgan fingerprint density at radius 2 is 1.31 bits per heavy atom. The van der Waals surface area contributed by atoms with Crippen molar-refractivity contribution < 1.29 is 48.7 Å². The van der Waals surface area contributed by atoms with Crippen molar-refractivity contribution in [3.05, 3.63) is 0 Å². The fourth-order valence-electron chi connectivity index (χ4n) is 0.643. The Labute approximate surface area is 101 Å². The van der Waals surface area contributed by atoms with E-state index in [4.69, 9.17) is 25.3 Å². The molecule has 0 unspecified atom stereocenters. The molecule has 0 aliphatic rings. The molecule has 8 heteroatoms. The first-order chi connectivity index (χ1) is 7.16. The van der Waals surface area contributed by atoms with Gasteiger partial charge in [0.05, 0.1) is 12.2 Å². The number of carbonyl (C=O) groups is 1. The first-order valence-corrected chi connectivity index (χ1v) is 6.65. The molecule has 16 heavy (non-hydrogen) atoms. The van der Waals surface area contributed by atoms with Crippen LogP contribution in [-0.4, -0.2) is 36.9 Å². The molecular weight excluding hydrogens is 256 g/mol. The van der Waals surface area contributed by atoms with E-state index in [1.54, 1.807) is 27.7 Å². The predicted molar refractivity (Wildman–Crippen MR) is 49.0 cm³/mol. The molecule has 0 saturated heterocycles. The van der Waals surface area contributed by atoms with E-state index in [-0.39, 0.29) is 12.2 Å². The number of carboxylic acid groups (broad SMARTS) is 1. The van der Waals surface area contributed by atoms with Gasteiger partial charge < -0.3 is 14.6 Å². The summed E-state index contributed by atoms with van der Waals surface area (Å²) in [6.45, 7) is 7.05. The first kappa shape index (κ1) is 18.2. The fraction of sp³-hybridized carbons (Fsp3) is 0.875. The molecule has 0 fully saturated rings. The van der Waals surface area contributed by atoms with Gasteiger partial charge >= 0.3 is 35.3 Å². The predicted octanol–water partition coefficient (Wildman–Crippen LogP) is 0.0118. The quantitative estimate of drug-likeness (QED) is 0.478. The van der Waals surface area contributed by atoms with Crippen LogP contribution in [0.15, 0.2) is 0 Å². The number of rotatable bonds is 5. The van der Waals surface area contributed by atoms with Crippen LogP contribution < -0.4 is 0 Å². The van der Waals surface area contributed by atoms with E-state index in [0.717, 1.165) is 0 Å². The van der Waals surface area contributed by atoms with Gasteiger partial charge in [-0.1, -0.05) is 0 Å². The van der Waals surface area contributed by atoms with E-state index in [1.807, 2.05) is 0 Å². The zero-order valence-corrected chi connectivity index (χ0v) is 11.3. The van der Waals surface area contributed by atoms with Gasteiger partial charge in [0.2, 0.25) is 0 Å². The molecule has 0 aromatic carbocycles. The fourth-order valence-corrected chi connectivity index (χ4v) is 0.643. The molecule has 7 nitrogen and oxygen atoms in total. The maximum atomic E-state index is 10.5. The molecule has 0 amide bonds. The molecular formula is C8H18O7Ti. The number of carboxylic acids is 1. The summed E-state index contributed by atoms with van der Waals surface area (Å²) >= 11 is -3.58. The molecule has 0 aromatic rings. The van der Waals surface area contributed by atoms with Crippen molar-refractivity contribution in [1.82, 2.24) is 0 Å². The third-order valence-corrected chi connectivity index (χ3v) is 0.993. The summed E-state index contributed by atoms with van der Waals surface area (Å²) in [5.41, 5.74) is 0. The number of hydrogen-bond donors (Lipinski definition) is 3. The van der Waals surface area contributed by atoms with Crippen molar-refractivity contribution in [2.24, 2.45) is 0 Å². The molecule has 0 bridgehead atoms. The molecule has 0 rings (SSSR count). The molecule has 0 aliphatic carbocycles. The van der Waals surface area contributed by atoms with Gasteiger partial charge in [-0.25, -0.2) is 4.79 Å². The van der Waals surface area contributed by atoms with E-state index in [0.29, 0.717) is 0 Å². The van der Waals surface area contributed by atoms with E-state index in [9.17, 15) is 4.79 Å². The average Bonchev–Trinajstić information content (AvgIpc) is 1.99. The van der Waals surface area contributed by atoms with Crippen LogP contribution in [0, 0.1) is 0 Å². The van der Waals surface area contributed by atoms with Crippen LogP contribution in [0.1, 0.15) is 27.7 Å². The van der Waals surface area contributed by atoms with Crippen molar-refractivity contribution in [2.45, 2.75) is 46.2 Å². The normalized spacial score (nSPS) is 10.3. The maximum absolute atomic E-state index is 10.5. The first-order valence-electron chi connectivity index (χ1n) is 4.62. The van der Waals surface area contributed by atoms with Crippen molar-refractivity contribution in [3.8, 4) is 0 Å². The summed E-state index contributed by atoms with van der Waals surface area (Å²) in [5, 5.41) is 8.62. The van der Waals surface area contributed by atoms with Gasteiger partial charge in [0.25, 0.3) is 6.29 Å². The monoisotopic (exact) mass is 274 g/mol. The summed E-state index contributed by atoms with van der Waals surface area (Å²) < 4.78 is 33.3. The molecule has 0 aromatic heterocycles. The van der Waals surface area contributed by atoms with Gasteiger partial charge in [-0.2, -0.15) is 0 Å². The molecule has 0 atom stereocenters. The minimum atomic E-state index is -3.58. The summed E-state index contributed by atoms with van der Waals surface area (Å²) in [5.74, 6) is -1.09. The Morgan fingerprint density at radius 1 is 1.06 bits per heavy atom. The van der Waals surface area contributed by atoms with Crippen molar-refractivity contribution >= 4 is 5.97 Å². The number of ether oxygens (including phenoxy) is 2. The molecule has 96 valence electrons. The van der Waals surface area contributed by atoms with Gasteiger partial charge in [0, 0.05) is 0 Å². The Hall–Kier alpha value is -0.176. The molecule has 3 N–H and O–H groups in total. The zero-order valence-electron chi connectivity index (χ0n) is 9.71. The summed E-state index contributed by atoms with van der Waals surface area (Å²) in [6, 6.07) is 0. The van der Waals surface area contributed by atoms with E-state index in [1.165, 1.54) is 0 Å². The van der Waals surface area contributed by atoms with E-state index < -0.39 is 30.9 Å². The van der Waals surface area contributed by atoms with Crippen molar-refractivity contribution in [3.63, 3.8) is 0 Å². The van der Waals surface area contributed by atoms with Crippen molar-refractivity contribution in [1.29, 1.82) is 0 Å². The third-order valence-electron chi connectivity index (χ3n) is 0.993. The molecule has 0 spiro atoms. The molecule has 0 aliphatic heterocycles. The summed E-state index contributed by atoms with van der Waals surface area (Å²) in [7, 11) is 0. The molecule has 0 saturated carbocycles. The van der Waals surface area contributed by atoms with Crippen LogP contribution in [0.4, 0.5) is 0 Å². The summed E-state index contributed by atoms with van der Waals surface area (Å²) in [6.07, 6.45) is -1.44. The second-order valence-corrected chi connectivity index (χ2v) is 4.20. The summed E-state index contributed by atoms with van der Waals surface area (Å²) in [4.78, 5) is 10.5. The third kappa shape index (κ3) is 16.3. The van der Waals surface area contributed by atoms with Gasteiger partial charge in [-0.3, -0.25) is 0 Å². The van der Waals surface area contributed by atoms with Crippen LogP contribution in [0.2, 0.25) is 0 Å². The standard InChI is InChI=1S/C8H16O4.2H2O.O.Ti/c1-5(2)11-8(7(9)10)12-6(3)4;;;;/h5-6,8H,1-4H3,(H,9,10);2*1H2;;/q;;;;+2/p-2. The van der Waals surface area contributed by atoms with Crippen LogP contribution in [0.5, 0.6) is 0 Å². The SMILES string of the molecule is CC(C)OC(OC(C)C)C(=O)O.[O]=[Ti]([OH])[OH]. The van der Waals surface area contributed by atoms with Gasteiger partial charge in [0.15, 0.2) is 0 Å². The Balaban J connectivity index is 0. The van der Waals surface area contributed by atoms with Crippen LogP contribution in [0.3, 0.4) is 0 Å². The van der Waals surface area contributed by atoms with Crippen molar-refractivity contribution in [2.75, 3.05) is 0 Å². The number of hydrogen-bond acceptors (Lipinski definition) is 4. The zero-order chi connectivity index (χ0) is 13.3. The Morgan fingerprint density at radius 3 is 1.44 bits per heavy atom. The van der Waals surface area contributed by atoms with Crippen LogP contribution >= 0.6 is 0 Å². The minimum absolute atomic E-state index is 0.148.